The molecule has 14 heavy (non-hydrogen) atoms. The zero-order valence-electron chi connectivity index (χ0n) is 8.60. The van der Waals surface area contributed by atoms with Gasteiger partial charge in [0, 0.05) is 12.1 Å². The first kappa shape index (κ1) is 10.3. The molecule has 1 aliphatic carbocycles. The Morgan fingerprint density at radius 2 is 1.50 bits per heavy atom. The van der Waals surface area contributed by atoms with Crippen LogP contribution in [0.3, 0.4) is 0 Å². The first-order valence-electron chi connectivity index (χ1n) is 5.10. The lowest BCUT2D eigenvalue weighted by atomic mass is 9.85. The summed E-state index contributed by atoms with van der Waals surface area (Å²) in [5.74, 6) is 0. The van der Waals surface area contributed by atoms with Crippen LogP contribution in [0.25, 0.3) is 0 Å². The molecule has 0 amide bonds. The van der Waals surface area contributed by atoms with E-state index in [0.29, 0.717) is 10.5 Å². The highest BCUT2D eigenvalue weighted by Gasteiger charge is 2.37. The predicted octanol–water partition coefficient (Wildman–Crippen LogP) is 1.78. The second-order valence-corrected chi connectivity index (χ2v) is 5.03. The van der Waals surface area contributed by atoms with Crippen molar-refractivity contribution < 1.29 is 4.94 Å². The Morgan fingerprint density at radius 3 is 1.93 bits per heavy atom. The third-order valence-corrected chi connectivity index (χ3v) is 3.38. The normalized spacial score (nSPS) is 39.4. The van der Waals surface area contributed by atoms with Gasteiger partial charge in [0.25, 0.3) is 0 Å². The summed E-state index contributed by atoms with van der Waals surface area (Å²) in [4.78, 5) is 4.49. The smallest absolute Gasteiger partial charge is 0.0406 e. The number of fused-ring (bicyclic) bond motifs is 1. The summed E-state index contributed by atoms with van der Waals surface area (Å²) in [6.45, 7) is 4.36. The van der Waals surface area contributed by atoms with Crippen molar-refractivity contribution in [3.63, 3.8) is 0 Å². The van der Waals surface area contributed by atoms with Crippen molar-refractivity contribution >= 4 is 0 Å². The molecule has 0 N–H and O–H groups in total. The number of hydrogen-bond donors (Lipinski definition) is 0. The van der Waals surface area contributed by atoms with E-state index in [1.54, 1.807) is 0 Å². The molecule has 0 radical (unpaired) electrons. The van der Waals surface area contributed by atoms with E-state index in [1.807, 2.05) is 0 Å². The highest BCUT2D eigenvalue weighted by atomic mass is 17.1. The van der Waals surface area contributed by atoms with Crippen LogP contribution in [0.1, 0.15) is 39.5 Å². The Labute approximate surface area is 83.7 Å². The minimum Gasteiger partial charge on any atom is -0.760 e. The van der Waals surface area contributed by atoms with Crippen LogP contribution in [0, 0.1) is 15.8 Å². The molecule has 0 aromatic heterocycles. The van der Waals surface area contributed by atoms with Crippen molar-refractivity contribution in [2.75, 3.05) is 0 Å². The molecule has 1 saturated carbocycles. The van der Waals surface area contributed by atoms with Crippen molar-refractivity contribution in [3.8, 4) is 0 Å². The maximum Gasteiger partial charge on any atom is 0.0406 e. The van der Waals surface area contributed by atoms with Gasteiger partial charge >= 0.3 is 0 Å². The molecule has 1 saturated heterocycles. The Morgan fingerprint density at radius 1 is 1.07 bits per heavy atom. The van der Waals surface area contributed by atoms with Gasteiger partial charge in [-0.2, -0.15) is 0 Å². The summed E-state index contributed by atoms with van der Waals surface area (Å²) in [5.41, 5.74) is 0.242. The lowest BCUT2D eigenvalue weighted by Gasteiger charge is -2.29. The summed E-state index contributed by atoms with van der Waals surface area (Å²) in [5, 5.41) is 23.4. The fraction of sp³-hybridized carbons (Fsp3) is 1.00. The lowest BCUT2D eigenvalue weighted by molar-refractivity contribution is -0.236. The summed E-state index contributed by atoms with van der Waals surface area (Å²) in [6.07, 6.45) is 3.45. The standard InChI is InChI=1S/C9H16N2O3/c1-9(2)5-3-7-8(4-6-9)11(13)14-10(7)12/h7-8H,3-6H2,1-2H3/q-2. The zero-order chi connectivity index (χ0) is 10.3. The number of rotatable bonds is 0. The van der Waals surface area contributed by atoms with Gasteiger partial charge in [-0.1, -0.05) is 13.8 Å². The number of hydrogen-bond acceptors (Lipinski definition) is 5. The van der Waals surface area contributed by atoms with Gasteiger partial charge in [0.05, 0.1) is 0 Å². The van der Waals surface area contributed by atoms with E-state index in [4.69, 9.17) is 0 Å². The van der Waals surface area contributed by atoms with E-state index in [9.17, 15) is 10.4 Å². The van der Waals surface area contributed by atoms with Gasteiger partial charge in [0.1, 0.15) is 0 Å². The van der Waals surface area contributed by atoms with Gasteiger partial charge in [0.2, 0.25) is 0 Å². The highest BCUT2D eigenvalue weighted by Crippen LogP contribution is 2.39. The molecule has 0 aromatic carbocycles. The van der Waals surface area contributed by atoms with Gasteiger partial charge in [-0.25, -0.2) is 15.4 Å². The largest absolute Gasteiger partial charge is 0.760 e. The van der Waals surface area contributed by atoms with E-state index in [1.165, 1.54) is 0 Å². The van der Waals surface area contributed by atoms with Gasteiger partial charge in [-0.3, -0.25) is 0 Å². The molecular weight excluding hydrogens is 184 g/mol. The molecule has 2 unspecified atom stereocenters. The minimum absolute atomic E-state index is 0.242. The second-order valence-electron chi connectivity index (χ2n) is 5.03. The average Bonchev–Trinajstić information content (AvgIpc) is 2.26. The average molecular weight is 200 g/mol. The quantitative estimate of drug-likeness (QED) is 0.596. The van der Waals surface area contributed by atoms with Crippen LogP contribution in [0.2, 0.25) is 0 Å². The van der Waals surface area contributed by atoms with Gasteiger partial charge < -0.3 is 10.4 Å². The monoisotopic (exact) mass is 200 g/mol. The Hall–Kier alpha value is -0.200. The van der Waals surface area contributed by atoms with E-state index in [2.05, 4.69) is 18.8 Å². The molecule has 5 heteroatoms. The fourth-order valence-corrected chi connectivity index (χ4v) is 2.28. The summed E-state index contributed by atoms with van der Waals surface area (Å²) < 4.78 is 0. The molecule has 2 atom stereocenters. The van der Waals surface area contributed by atoms with Gasteiger partial charge in [-0.05, 0) is 31.1 Å². The van der Waals surface area contributed by atoms with Crippen LogP contribution in [0.4, 0.5) is 0 Å². The molecule has 82 valence electrons. The minimum atomic E-state index is -0.269. The molecule has 1 heterocycles. The Balaban J connectivity index is 2.09. The van der Waals surface area contributed by atoms with E-state index in [0.717, 1.165) is 25.7 Å². The van der Waals surface area contributed by atoms with Crippen molar-refractivity contribution in [2.45, 2.75) is 51.6 Å². The topological polar surface area (TPSA) is 61.8 Å². The van der Waals surface area contributed by atoms with Crippen LogP contribution in [-0.2, 0) is 4.94 Å². The SMILES string of the molecule is CC1(C)CCC2C(CC1)N([O-])ON2[O-]. The van der Waals surface area contributed by atoms with Crippen LogP contribution < -0.4 is 0 Å². The summed E-state index contributed by atoms with van der Waals surface area (Å²) in [7, 11) is 0. The first-order chi connectivity index (χ1) is 6.49. The summed E-state index contributed by atoms with van der Waals surface area (Å²) >= 11 is 0. The molecule has 1 aliphatic heterocycles. The molecule has 2 fully saturated rings. The molecule has 2 rings (SSSR count). The van der Waals surface area contributed by atoms with Crippen molar-refractivity contribution in [1.29, 1.82) is 0 Å². The third-order valence-electron chi connectivity index (χ3n) is 3.38. The number of nitrogens with zero attached hydrogens (tertiary/aromatic N) is 2. The van der Waals surface area contributed by atoms with Crippen LogP contribution in [0.15, 0.2) is 0 Å². The van der Waals surface area contributed by atoms with Crippen molar-refractivity contribution in [2.24, 2.45) is 5.41 Å². The first-order valence-corrected chi connectivity index (χ1v) is 5.10. The molecule has 0 aromatic rings. The maximum absolute atomic E-state index is 11.2. The Bertz CT molecular complexity index is 202. The predicted molar refractivity (Wildman–Crippen MR) is 51.3 cm³/mol. The molecule has 0 bridgehead atoms. The van der Waals surface area contributed by atoms with Gasteiger partial charge in [-0.15, -0.1) is 0 Å². The maximum atomic E-state index is 11.2. The second kappa shape index (κ2) is 3.43. The molecule has 5 nitrogen and oxygen atoms in total. The van der Waals surface area contributed by atoms with Crippen LogP contribution in [0.5, 0.6) is 0 Å². The fourth-order valence-electron chi connectivity index (χ4n) is 2.28. The van der Waals surface area contributed by atoms with Crippen molar-refractivity contribution in [3.05, 3.63) is 10.4 Å². The third kappa shape index (κ3) is 1.78. The molecular formula is C9H16N2O3-2. The van der Waals surface area contributed by atoms with Gasteiger partial charge in [0.15, 0.2) is 0 Å². The Kier molecular flexibility index (Phi) is 2.53. The van der Waals surface area contributed by atoms with Crippen LogP contribution >= 0.6 is 0 Å². The number of hydroxylamine groups is 4. The summed E-state index contributed by atoms with van der Waals surface area (Å²) in [6, 6.07) is -0.538. The van der Waals surface area contributed by atoms with E-state index < -0.39 is 0 Å². The molecule has 0 spiro atoms. The lowest BCUT2D eigenvalue weighted by Crippen LogP contribution is -2.32. The van der Waals surface area contributed by atoms with Crippen LogP contribution in [-0.4, -0.2) is 22.5 Å². The van der Waals surface area contributed by atoms with E-state index in [-0.39, 0.29) is 17.5 Å². The van der Waals surface area contributed by atoms with Crippen molar-refractivity contribution in [1.82, 2.24) is 10.5 Å². The highest BCUT2D eigenvalue weighted by molar-refractivity contribution is 4.91. The molecule has 2 aliphatic rings. The van der Waals surface area contributed by atoms with E-state index >= 15 is 0 Å². The zero-order valence-corrected chi connectivity index (χ0v) is 8.60.